The second kappa shape index (κ2) is 13.9. The first-order valence-electron chi connectivity index (χ1n) is 13.7. The maximum absolute atomic E-state index is 15.1. The van der Waals surface area contributed by atoms with E-state index in [4.69, 9.17) is 0 Å². The van der Waals surface area contributed by atoms with Crippen molar-refractivity contribution in [3.05, 3.63) is 132 Å². The van der Waals surface area contributed by atoms with E-state index in [1.54, 1.807) is 25.1 Å². The lowest BCUT2D eigenvalue weighted by Crippen LogP contribution is -2.53. The molecular formula is C33H34FN3O4S. The molecule has 0 aromatic heterocycles. The molecule has 9 heteroatoms. The normalized spacial score (nSPS) is 11.9. The monoisotopic (exact) mass is 587 g/mol. The first-order valence-corrected chi connectivity index (χ1v) is 15.1. The van der Waals surface area contributed by atoms with Gasteiger partial charge in [-0.25, -0.2) is 12.8 Å². The SMILES string of the molecule is CCNC(=O)[C@H](Cc1ccccc1)N(Cc1ccccc1C)C(=O)CN(c1ccccc1F)S(=O)(=O)c1ccccc1. The van der Waals surface area contributed by atoms with Crippen molar-refractivity contribution in [3.63, 3.8) is 0 Å². The molecule has 0 spiro atoms. The first kappa shape index (κ1) is 30.5. The number of carbonyl (C=O) groups excluding carboxylic acids is 2. The van der Waals surface area contributed by atoms with Crippen molar-refractivity contribution in [1.29, 1.82) is 0 Å². The highest BCUT2D eigenvalue weighted by Crippen LogP contribution is 2.27. The Morgan fingerprint density at radius 3 is 2.07 bits per heavy atom. The van der Waals surface area contributed by atoms with E-state index in [2.05, 4.69) is 5.32 Å². The molecule has 4 aromatic rings. The van der Waals surface area contributed by atoms with Crippen LogP contribution in [0, 0.1) is 12.7 Å². The van der Waals surface area contributed by atoms with E-state index in [0.29, 0.717) is 6.54 Å². The van der Waals surface area contributed by atoms with E-state index in [9.17, 15) is 18.0 Å². The van der Waals surface area contributed by atoms with Gasteiger partial charge in [-0.3, -0.25) is 13.9 Å². The fourth-order valence-corrected chi connectivity index (χ4v) is 6.15. The van der Waals surface area contributed by atoms with Gasteiger partial charge in [0.15, 0.2) is 0 Å². The lowest BCUT2D eigenvalue weighted by molar-refractivity contribution is -0.140. The topological polar surface area (TPSA) is 86.8 Å². The highest BCUT2D eigenvalue weighted by molar-refractivity contribution is 7.92. The summed E-state index contributed by atoms with van der Waals surface area (Å²) in [4.78, 5) is 29.1. The van der Waals surface area contributed by atoms with Crippen molar-refractivity contribution >= 4 is 27.5 Å². The zero-order valence-corrected chi connectivity index (χ0v) is 24.4. The lowest BCUT2D eigenvalue weighted by Gasteiger charge is -2.34. The number of sulfonamides is 1. The van der Waals surface area contributed by atoms with E-state index < -0.39 is 34.3 Å². The van der Waals surface area contributed by atoms with E-state index in [0.717, 1.165) is 27.1 Å². The molecule has 7 nitrogen and oxygen atoms in total. The number of carbonyl (C=O) groups is 2. The standard InChI is InChI=1S/C33H34FN3O4S/c1-3-35-33(39)31(22-26-15-6-4-7-16-26)36(23-27-17-11-10-14-25(27)2)32(38)24-37(30-21-13-12-20-29(30)34)42(40,41)28-18-8-5-9-19-28/h4-21,31H,3,22-24H2,1-2H3,(H,35,39)/t31-/m0/s1. The van der Waals surface area contributed by atoms with Crippen LogP contribution in [0.25, 0.3) is 0 Å². The molecule has 0 bridgehead atoms. The van der Waals surface area contributed by atoms with Crippen LogP contribution in [0.5, 0.6) is 0 Å². The second-order valence-electron chi connectivity index (χ2n) is 9.82. The van der Waals surface area contributed by atoms with Gasteiger partial charge in [-0.2, -0.15) is 0 Å². The molecule has 42 heavy (non-hydrogen) atoms. The molecule has 0 saturated carbocycles. The van der Waals surface area contributed by atoms with Crippen molar-refractivity contribution in [1.82, 2.24) is 10.2 Å². The number of para-hydroxylation sites is 1. The Morgan fingerprint density at radius 1 is 0.833 bits per heavy atom. The zero-order chi connectivity index (χ0) is 30.1. The molecule has 0 unspecified atom stereocenters. The summed E-state index contributed by atoms with van der Waals surface area (Å²) < 4.78 is 43.6. The van der Waals surface area contributed by atoms with Gasteiger partial charge in [0.25, 0.3) is 10.0 Å². The third kappa shape index (κ3) is 7.22. The van der Waals surface area contributed by atoms with Crippen LogP contribution in [0.4, 0.5) is 10.1 Å². The number of likely N-dealkylation sites (N-methyl/N-ethyl adjacent to an activating group) is 1. The van der Waals surface area contributed by atoms with Crippen molar-refractivity contribution in [2.45, 2.75) is 37.8 Å². The van der Waals surface area contributed by atoms with E-state index in [1.165, 1.54) is 35.2 Å². The molecule has 1 atom stereocenters. The Kier molecular flexibility index (Phi) is 10.1. The molecule has 0 radical (unpaired) electrons. The van der Waals surface area contributed by atoms with Gasteiger partial charge in [-0.05, 0) is 54.8 Å². The van der Waals surface area contributed by atoms with Crippen molar-refractivity contribution in [2.24, 2.45) is 0 Å². The summed E-state index contributed by atoms with van der Waals surface area (Å²) >= 11 is 0. The number of aryl methyl sites for hydroxylation is 1. The van der Waals surface area contributed by atoms with E-state index in [-0.39, 0.29) is 29.5 Å². The summed E-state index contributed by atoms with van der Waals surface area (Å²) in [6, 6.07) is 28.8. The minimum Gasteiger partial charge on any atom is -0.355 e. The van der Waals surface area contributed by atoms with Gasteiger partial charge < -0.3 is 10.2 Å². The van der Waals surface area contributed by atoms with Crippen LogP contribution >= 0.6 is 0 Å². The van der Waals surface area contributed by atoms with Gasteiger partial charge in [0.1, 0.15) is 18.4 Å². The molecule has 0 heterocycles. The number of rotatable bonds is 12. The Morgan fingerprint density at radius 2 is 1.43 bits per heavy atom. The van der Waals surface area contributed by atoms with Crippen LogP contribution in [0.1, 0.15) is 23.6 Å². The van der Waals surface area contributed by atoms with Gasteiger partial charge in [0, 0.05) is 19.5 Å². The summed E-state index contributed by atoms with van der Waals surface area (Å²) in [5.74, 6) is -1.81. The Balaban J connectivity index is 1.81. The average Bonchev–Trinajstić information content (AvgIpc) is 3.00. The maximum atomic E-state index is 15.1. The Labute approximate surface area is 246 Å². The van der Waals surface area contributed by atoms with Crippen LogP contribution in [-0.4, -0.2) is 44.3 Å². The summed E-state index contributed by atoms with van der Waals surface area (Å²) in [6.45, 7) is 3.38. The number of amides is 2. The van der Waals surface area contributed by atoms with Gasteiger partial charge in [-0.1, -0.05) is 84.9 Å². The number of benzene rings is 4. The highest BCUT2D eigenvalue weighted by atomic mass is 32.2. The Hall–Kier alpha value is -4.50. The summed E-state index contributed by atoms with van der Waals surface area (Å²) in [5.41, 5.74) is 2.28. The number of hydrogen-bond donors (Lipinski definition) is 1. The van der Waals surface area contributed by atoms with Gasteiger partial charge >= 0.3 is 0 Å². The third-order valence-electron chi connectivity index (χ3n) is 6.96. The summed E-state index contributed by atoms with van der Waals surface area (Å²) in [7, 11) is -4.36. The third-order valence-corrected chi connectivity index (χ3v) is 8.73. The fourth-order valence-electron chi connectivity index (χ4n) is 4.70. The molecule has 4 aromatic carbocycles. The summed E-state index contributed by atoms with van der Waals surface area (Å²) in [5, 5.41) is 2.83. The van der Waals surface area contributed by atoms with Crippen molar-refractivity contribution in [3.8, 4) is 0 Å². The quantitative estimate of drug-likeness (QED) is 0.250. The van der Waals surface area contributed by atoms with E-state index >= 15 is 4.39 Å². The van der Waals surface area contributed by atoms with Crippen molar-refractivity contribution in [2.75, 3.05) is 17.4 Å². The predicted octanol–water partition coefficient (Wildman–Crippen LogP) is 5.11. The molecule has 0 aliphatic rings. The number of halogens is 1. The number of hydrogen-bond acceptors (Lipinski definition) is 4. The molecule has 1 N–H and O–H groups in total. The van der Waals surface area contributed by atoms with Crippen LogP contribution in [0.15, 0.2) is 114 Å². The van der Waals surface area contributed by atoms with Gasteiger partial charge in [0.05, 0.1) is 10.6 Å². The molecular weight excluding hydrogens is 553 g/mol. The minimum atomic E-state index is -4.36. The van der Waals surface area contributed by atoms with Crippen LogP contribution in [0.2, 0.25) is 0 Å². The van der Waals surface area contributed by atoms with Crippen LogP contribution in [-0.2, 0) is 32.6 Å². The molecule has 0 fully saturated rings. The number of nitrogens with one attached hydrogen (secondary N) is 1. The Bertz CT molecular complexity index is 1610. The van der Waals surface area contributed by atoms with Gasteiger partial charge in [-0.15, -0.1) is 0 Å². The van der Waals surface area contributed by atoms with Gasteiger partial charge in [0.2, 0.25) is 11.8 Å². The van der Waals surface area contributed by atoms with Crippen LogP contribution in [0.3, 0.4) is 0 Å². The lowest BCUT2D eigenvalue weighted by atomic mass is 10.0. The molecule has 0 aliphatic carbocycles. The predicted molar refractivity (Wildman–Crippen MR) is 162 cm³/mol. The molecule has 4 rings (SSSR count). The first-order chi connectivity index (χ1) is 20.2. The molecule has 218 valence electrons. The number of anilines is 1. The molecule has 2 amide bonds. The van der Waals surface area contributed by atoms with Crippen molar-refractivity contribution < 1.29 is 22.4 Å². The van der Waals surface area contributed by atoms with Crippen LogP contribution < -0.4 is 9.62 Å². The number of nitrogens with zero attached hydrogens (tertiary/aromatic N) is 2. The molecule has 0 saturated heterocycles. The fraction of sp³-hybridized carbons (Fsp3) is 0.212. The second-order valence-corrected chi connectivity index (χ2v) is 11.7. The highest BCUT2D eigenvalue weighted by Gasteiger charge is 2.35. The smallest absolute Gasteiger partial charge is 0.264 e. The largest absolute Gasteiger partial charge is 0.355 e. The minimum absolute atomic E-state index is 0.0522. The molecule has 0 aliphatic heterocycles. The maximum Gasteiger partial charge on any atom is 0.264 e. The van der Waals surface area contributed by atoms with E-state index in [1.807, 2.05) is 61.5 Å². The summed E-state index contributed by atoms with van der Waals surface area (Å²) in [6.07, 6.45) is 0.204. The average molecular weight is 588 g/mol. The zero-order valence-electron chi connectivity index (χ0n) is 23.6.